The molecule has 2 fully saturated rings. The van der Waals surface area contributed by atoms with Crippen LogP contribution in [0.3, 0.4) is 0 Å². The van der Waals surface area contributed by atoms with Gasteiger partial charge >= 0.3 is 0 Å². The van der Waals surface area contributed by atoms with E-state index in [1.807, 2.05) is 0 Å². The van der Waals surface area contributed by atoms with E-state index >= 15 is 0 Å². The Kier molecular flexibility index (Phi) is 6.05. The maximum atomic E-state index is 12.9. The van der Waals surface area contributed by atoms with Crippen LogP contribution in [0.1, 0.15) is 23.2 Å². The van der Waals surface area contributed by atoms with Gasteiger partial charge in [-0.05, 0) is 25.0 Å². The standard InChI is InChI=1S/C19H27N3O5/c1-25-15-10-13(11-16(26-2)18(15)27-3)19(24)22-8-6-21(7-9-22)12-17(23)20-14-4-5-14/h10-11,14H,4-9,12H2,1-3H3,(H,20,23). The Balaban J connectivity index is 1.60. The van der Waals surface area contributed by atoms with Crippen molar-refractivity contribution in [2.45, 2.75) is 18.9 Å². The molecule has 0 bridgehead atoms. The van der Waals surface area contributed by atoms with Crippen LogP contribution in [0.5, 0.6) is 17.2 Å². The van der Waals surface area contributed by atoms with Crippen LogP contribution in [0, 0.1) is 0 Å². The molecular weight excluding hydrogens is 350 g/mol. The van der Waals surface area contributed by atoms with Gasteiger partial charge in [-0.1, -0.05) is 0 Å². The summed E-state index contributed by atoms with van der Waals surface area (Å²) in [6.45, 7) is 2.89. The van der Waals surface area contributed by atoms with Crippen LogP contribution in [-0.4, -0.2) is 81.7 Å². The molecule has 2 aliphatic rings. The Bertz CT molecular complexity index is 672. The maximum Gasteiger partial charge on any atom is 0.254 e. The van der Waals surface area contributed by atoms with Crippen molar-refractivity contribution in [3.05, 3.63) is 17.7 Å². The number of carbonyl (C=O) groups excluding carboxylic acids is 2. The maximum absolute atomic E-state index is 12.9. The minimum atomic E-state index is -0.0867. The molecule has 1 saturated carbocycles. The van der Waals surface area contributed by atoms with E-state index in [4.69, 9.17) is 14.2 Å². The van der Waals surface area contributed by atoms with Crippen molar-refractivity contribution >= 4 is 11.8 Å². The molecule has 0 unspecified atom stereocenters. The number of methoxy groups -OCH3 is 3. The minimum Gasteiger partial charge on any atom is -0.493 e. The fourth-order valence-corrected chi connectivity index (χ4v) is 3.20. The molecule has 0 atom stereocenters. The molecular formula is C19H27N3O5. The van der Waals surface area contributed by atoms with Gasteiger partial charge in [-0.3, -0.25) is 14.5 Å². The Hall–Kier alpha value is -2.48. The lowest BCUT2D eigenvalue weighted by molar-refractivity contribution is -0.122. The molecule has 1 saturated heterocycles. The highest BCUT2D eigenvalue weighted by Crippen LogP contribution is 2.38. The molecule has 148 valence electrons. The number of nitrogens with one attached hydrogen (secondary N) is 1. The topological polar surface area (TPSA) is 80.3 Å². The highest BCUT2D eigenvalue weighted by atomic mass is 16.5. The average molecular weight is 377 g/mol. The van der Waals surface area contributed by atoms with Crippen molar-refractivity contribution in [3.63, 3.8) is 0 Å². The quantitative estimate of drug-likeness (QED) is 0.755. The molecule has 0 radical (unpaired) electrons. The largest absolute Gasteiger partial charge is 0.493 e. The summed E-state index contributed by atoms with van der Waals surface area (Å²) in [6.07, 6.45) is 2.17. The van der Waals surface area contributed by atoms with Crippen molar-refractivity contribution in [2.75, 3.05) is 54.1 Å². The van der Waals surface area contributed by atoms with Gasteiger partial charge in [0.15, 0.2) is 11.5 Å². The van der Waals surface area contributed by atoms with E-state index < -0.39 is 0 Å². The number of nitrogens with zero attached hydrogens (tertiary/aromatic N) is 2. The molecule has 3 rings (SSSR count). The van der Waals surface area contributed by atoms with Gasteiger partial charge < -0.3 is 24.4 Å². The molecule has 0 spiro atoms. The van der Waals surface area contributed by atoms with Gasteiger partial charge in [-0.2, -0.15) is 0 Å². The van der Waals surface area contributed by atoms with Crippen LogP contribution in [0.4, 0.5) is 0 Å². The van der Waals surface area contributed by atoms with Crippen molar-refractivity contribution in [3.8, 4) is 17.2 Å². The number of piperazine rings is 1. The molecule has 27 heavy (non-hydrogen) atoms. The number of rotatable bonds is 7. The molecule has 1 aliphatic carbocycles. The second-order valence-corrected chi connectivity index (χ2v) is 6.82. The van der Waals surface area contributed by atoms with E-state index in [9.17, 15) is 9.59 Å². The molecule has 2 amide bonds. The van der Waals surface area contributed by atoms with Crippen molar-refractivity contribution in [1.82, 2.24) is 15.1 Å². The Morgan fingerprint density at radius 3 is 2.07 bits per heavy atom. The zero-order valence-electron chi connectivity index (χ0n) is 16.1. The SMILES string of the molecule is COc1cc(C(=O)N2CCN(CC(=O)NC3CC3)CC2)cc(OC)c1OC. The normalized spacial score (nSPS) is 17.4. The van der Waals surface area contributed by atoms with E-state index in [1.165, 1.54) is 21.3 Å². The second kappa shape index (κ2) is 8.47. The van der Waals surface area contributed by atoms with Gasteiger partial charge in [-0.25, -0.2) is 0 Å². The van der Waals surface area contributed by atoms with Crippen LogP contribution in [0.25, 0.3) is 0 Å². The fourth-order valence-electron chi connectivity index (χ4n) is 3.20. The van der Waals surface area contributed by atoms with Crippen molar-refractivity contribution < 1.29 is 23.8 Å². The van der Waals surface area contributed by atoms with E-state index in [0.29, 0.717) is 61.6 Å². The lowest BCUT2D eigenvalue weighted by Gasteiger charge is -2.34. The number of benzene rings is 1. The lowest BCUT2D eigenvalue weighted by atomic mass is 10.1. The number of amides is 2. The van der Waals surface area contributed by atoms with Crippen LogP contribution in [0.15, 0.2) is 12.1 Å². The average Bonchev–Trinajstić information content (AvgIpc) is 3.50. The Labute approximate surface area is 159 Å². The van der Waals surface area contributed by atoms with E-state index in [1.54, 1.807) is 17.0 Å². The monoisotopic (exact) mass is 377 g/mol. The lowest BCUT2D eigenvalue weighted by Crippen LogP contribution is -2.51. The summed E-state index contributed by atoms with van der Waals surface area (Å²) < 4.78 is 16.0. The van der Waals surface area contributed by atoms with Crippen LogP contribution in [0.2, 0.25) is 0 Å². The second-order valence-electron chi connectivity index (χ2n) is 6.82. The fraction of sp³-hybridized carbons (Fsp3) is 0.579. The first kappa shape index (κ1) is 19.3. The zero-order valence-corrected chi connectivity index (χ0v) is 16.1. The zero-order chi connectivity index (χ0) is 19.4. The summed E-state index contributed by atoms with van der Waals surface area (Å²) in [6, 6.07) is 3.71. The smallest absolute Gasteiger partial charge is 0.254 e. The molecule has 1 aromatic rings. The molecule has 8 heteroatoms. The highest BCUT2D eigenvalue weighted by molar-refractivity contribution is 5.95. The van der Waals surface area contributed by atoms with Crippen LogP contribution >= 0.6 is 0 Å². The van der Waals surface area contributed by atoms with E-state index in [-0.39, 0.29) is 11.8 Å². The first-order valence-electron chi connectivity index (χ1n) is 9.16. The van der Waals surface area contributed by atoms with Gasteiger partial charge in [0, 0.05) is 37.8 Å². The van der Waals surface area contributed by atoms with E-state index in [2.05, 4.69) is 10.2 Å². The summed E-state index contributed by atoms with van der Waals surface area (Å²) in [4.78, 5) is 28.7. The molecule has 1 heterocycles. The first-order valence-corrected chi connectivity index (χ1v) is 9.16. The summed E-state index contributed by atoms with van der Waals surface area (Å²) in [5.74, 6) is 1.35. The summed E-state index contributed by atoms with van der Waals surface area (Å²) >= 11 is 0. The van der Waals surface area contributed by atoms with Crippen molar-refractivity contribution in [1.29, 1.82) is 0 Å². The van der Waals surface area contributed by atoms with Gasteiger partial charge in [0.1, 0.15) is 0 Å². The van der Waals surface area contributed by atoms with Gasteiger partial charge in [0.2, 0.25) is 11.7 Å². The Morgan fingerprint density at radius 2 is 1.59 bits per heavy atom. The number of hydrogen-bond acceptors (Lipinski definition) is 6. The molecule has 8 nitrogen and oxygen atoms in total. The minimum absolute atomic E-state index is 0.0712. The third-order valence-corrected chi connectivity index (χ3v) is 4.88. The molecule has 1 aromatic carbocycles. The first-order chi connectivity index (χ1) is 13.0. The summed E-state index contributed by atoms with van der Waals surface area (Å²) in [5.41, 5.74) is 0.490. The summed E-state index contributed by atoms with van der Waals surface area (Å²) in [5, 5.41) is 3.00. The predicted octanol–water partition coefficient (Wildman–Crippen LogP) is 0.749. The third kappa shape index (κ3) is 4.63. The van der Waals surface area contributed by atoms with Gasteiger partial charge in [0.25, 0.3) is 5.91 Å². The molecule has 1 N–H and O–H groups in total. The van der Waals surface area contributed by atoms with Gasteiger partial charge in [-0.15, -0.1) is 0 Å². The van der Waals surface area contributed by atoms with Crippen LogP contribution < -0.4 is 19.5 Å². The number of ether oxygens (including phenoxy) is 3. The molecule has 0 aromatic heterocycles. The number of carbonyl (C=O) groups is 2. The van der Waals surface area contributed by atoms with Gasteiger partial charge in [0.05, 0.1) is 27.9 Å². The number of hydrogen-bond donors (Lipinski definition) is 1. The molecule has 1 aliphatic heterocycles. The van der Waals surface area contributed by atoms with Crippen molar-refractivity contribution in [2.24, 2.45) is 0 Å². The summed E-state index contributed by atoms with van der Waals surface area (Å²) in [7, 11) is 4.58. The Morgan fingerprint density at radius 1 is 1.00 bits per heavy atom. The van der Waals surface area contributed by atoms with Crippen LogP contribution in [-0.2, 0) is 4.79 Å². The van der Waals surface area contributed by atoms with E-state index in [0.717, 1.165) is 12.8 Å². The predicted molar refractivity (Wildman–Crippen MR) is 99.6 cm³/mol. The third-order valence-electron chi connectivity index (χ3n) is 4.88. The highest BCUT2D eigenvalue weighted by Gasteiger charge is 2.27.